The van der Waals surface area contributed by atoms with E-state index in [4.69, 9.17) is 10.7 Å². The summed E-state index contributed by atoms with van der Waals surface area (Å²) in [5.41, 5.74) is 7.85. The van der Waals surface area contributed by atoms with Gasteiger partial charge in [0.1, 0.15) is 23.9 Å². The fraction of sp³-hybridized carbons (Fsp3) is 0.292. The van der Waals surface area contributed by atoms with Crippen LogP contribution in [0.4, 0.5) is 0 Å². The molecule has 0 bridgehead atoms. The largest absolute Gasteiger partial charge is 0.388 e. The molecule has 0 saturated carbocycles. The topological polar surface area (TPSA) is 120 Å². The number of imidazole rings is 1. The molecule has 5 heterocycles. The molecule has 1 atom stereocenters. The van der Waals surface area contributed by atoms with E-state index in [-0.39, 0.29) is 11.5 Å². The Kier molecular flexibility index (Phi) is 6.58. The Morgan fingerprint density at radius 3 is 3.00 bits per heavy atom. The number of aromatic amines is 2. The fourth-order valence-electron chi connectivity index (χ4n) is 4.15. The highest BCUT2D eigenvalue weighted by molar-refractivity contribution is 7.13. The molecular formula is C24H25N8OS+. The predicted octanol–water partition coefficient (Wildman–Crippen LogP) is 1.58. The predicted molar refractivity (Wildman–Crippen MR) is 129 cm³/mol. The number of likely N-dealkylation sites (tertiary alicyclic amines) is 1. The van der Waals surface area contributed by atoms with E-state index in [1.165, 1.54) is 0 Å². The molecule has 4 aromatic heterocycles. The first-order chi connectivity index (χ1) is 16.7. The summed E-state index contributed by atoms with van der Waals surface area (Å²) in [7, 11) is 0. The third-order valence-electron chi connectivity index (χ3n) is 5.71. The van der Waals surface area contributed by atoms with Crippen molar-refractivity contribution in [2.75, 3.05) is 19.6 Å². The van der Waals surface area contributed by atoms with E-state index in [0.29, 0.717) is 12.5 Å². The second kappa shape index (κ2) is 10.1. The van der Waals surface area contributed by atoms with Crippen LogP contribution in [0.25, 0.3) is 16.5 Å². The number of nitrogens with one attached hydrogen (secondary N) is 2. The molecule has 10 heteroatoms. The lowest BCUT2D eigenvalue weighted by molar-refractivity contribution is -0.602. The minimum Gasteiger partial charge on any atom is -0.320 e. The normalized spacial score (nSPS) is 16.2. The zero-order valence-corrected chi connectivity index (χ0v) is 19.4. The van der Waals surface area contributed by atoms with Crippen LogP contribution in [-0.4, -0.2) is 49.5 Å². The van der Waals surface area contributed by atoms with E-state index in [1.54, 1.807) is 29.8 Å². The molecule has 1 aliphatic rings. The quantitative estimate of drug-likeness (QED) is 0.299. The average molecular weight is 474 g/mol. The summed E-state index contributed by atoms with van der Waals surface area (Å²) < 4.78 is 1.86. The van der Waals surface area contributed by atoms with E-state index in [0.717, 1.165) is 60.1 Å². The number of thiophene rings is 1. The van der Waals surface area contributed by atoms with Crippen LogP contribution >= 0.6 is 11.3 Å². The molecule has 1 fully saturated rings. The monoisotopic (exact) mass is 473 g/mol. The van der Waals surface area contributed by atoms with Gasteiger partial charge >= 0.3 is 5.95 Å². The maximum absolute atomic E-state index is 12.3. The second-order valence-corrected chi connectivity index (χ2v) is 9.13. The molecule has 4 aromatic rings. The van der Waals surface area contributed by atoms with Gasteiger partial charge in [0.25, 0.3) is 5.56 Å². The van der Waals surface area contributed by atoms with Crippen LogP contribution in [0.3, 0.4) is 0 Å². The van der Waals surface area contributed by atoms with Gasteiger partial charge in [-0.1, -0.05) is 17.9 Å². The highest BCUT2D eigenvalue weighted by Crippen LogP contribution is 2.27. The summed E-state index contributed by atoms with van der Waals surface area (Å²) in [6.45, 7) is 2.90. The van der Waals surface area contributed by atoms with Gasteiger partial charge in [0.15, 0.2) is 6.33 Å². The van der Waals surface area contributed by atoms with Crippen LogP contribution in [0.15, 0.2) is 53.3 Å². The Bertz CT molecular complexity index is 1360. The number of aromatic nitrogens is 6. The number of piperidine rings is 1. The summed E-state index contributed by atoms with van der Waals surface area (Å²) in [6.07, 6.45) is 9.29. The van der Waals surface area contributed by atoms with Crippen molar-refractivity contribution in [1.82, 2.24) is 29.8 Å². The van der Waals surface area contributed by atoms with Crippen molar-refractivity contribution < 1.29 is 4.57 Å². The van der Waals surface area contributed by atoms with Crippen molar-refractivity contribution in [3.8, 4) is 28.4 Å². The smallest absolute Gasteiger partial charge is 0.320 e. The zero-order chi connectivity index (χ0) is 23.3. The lowest BCUT2D eigenvalue weighted by atomic mass is 9.97. The Hall–Kier alpha value is -3.65. The van der Waals surface area contributed by atoms with E-state index in [9.17, 15) is 4.79 Å². The molecule has 1 unspecified atom stereocenters. The van der Waals surface area contributed by atoms with Crippen LogP contribution in [0.1, 0.15) is 35.8 Å². The van der Waals surface area contributed by atoms with Gasteiger partial charge in [0, 0.05) is 18.5 Å². The van der Waals surface area contributed by atoms with E-state index >= 15 is 0 Å². The van der Waals surface area contributed by atoms with Crippen LogP contribution < -0.4 is 15.9 Å². The number of hydrogen-bond donors (Lipinski definition) is 3. The summed E-state index contributed by atoms with van der Waals surface area (Å²) in [4.78, 5) is 35.5. The van der Waals surface area contributed by atoms with Crippen LogP contribution in [0.2, 0.25) is 0 Å². The van der Waals surface area contributed by atoms with E-state index < -0.39 is 0 Å². The van der Waals surface area contributed by atoms with Crippen LogP contribution in [0.5, 0.6) is 0 Å². The van der Waals surface area contributed by atoms with Crippen molar-refractivity contribution in [3.05, 3.63) is 75.9 Å². The highest BCUT2D eigenvalue weighted by atomic mass is 32.1. The lowest BCUT2D eigenvalue weighted by Gasteiger charge is -2.31. The minimum absolute atomic E-state index is 0.101. The number of H-pyrrole nitrogens is 2. The SMILES string of the molecule is NCC#Cc1cnc(-[n+]2c[nH]c(CN3CCCC(c4nc(-c5cccs5)cc(=O)[nH]4)C3)c2)nc1. The van der Waals surface area contributed by atoms with Gasteiger partial charge in [-0.05, 0) is 30.8 Å². The van der Waals surface area contributed by atoms with Gasteiger partial charge in [0.2, 0.25) is 0 Å². The molecule has 1 aliphatic heterocycles. The maximum atomic E-state index is 12.3. The maximum Gasteiger partial charge on any atom is 0.388 e. The van der Waals surface area contributed by atoms with Crippen LogP contribution in [0, 0.1) is 11.8 Å². The molecule has 5 rings (SSSR count). The Morgan fingerprint density at radius 2 is 2.21 bits per heavy atom. The molecule has 34 heavy (non-hydrogen) atoms. The molecular weight excluding hydrogens is 448 g/mol. The summed E-state index contributed by atoms with van der Waals surface area (Å²) in [6, 6.07) is 5.55. The molecule has 4 N–H and O–H groups in total. The van der Waals surface area contributed by atoms with Gasteiger partial charge in [-0.2, -0.15) is 4.57 Å². The zero-order valence-electron chi connectivity index (χ0n) is 18.6. The van der Waals surface area contributed by atoms with Crippen molar-refractivity contribution in [2.45, 2.75) is 25.3 Å². The first-order valence-electron chi connectivity index (χ1n) is 11.2. The summed E-state index contributed by atoms with van der Waals surface area (Å²) >= 11 is 1.59. The molecule has 0 aliphatic carbocycles. The standard InChI is InChI=1S/C24H24N8OS/c25-7-1-4-17-11-26-24(27-12-17)32-15-19(28-16-32)14-31-8-2-5-18(13-31)23-29-20(10-22(33)30-23)21-6-3-9-34-21/h3,6,9-12,15-16,18H,2,5,7-8,13-14,25H2,(H,29,30,33)/p+1. The van der Waals surface area contributed by atoms with Gasteiger partial charge in [-0.15, -0.1) is 21.3 Å². The van der Waals surface area contributed by atoms with Crippen molar-refractivity contribution >= 4 is 11.3 Å². The number of nitrogens with zero attached hydrogens (tertiary/aromatic N) is 5. The van der Waals surface area contributed by atoms with Gasteiger partial charge in [-0.3, -0.25) is 14.7 Å². The third kappa shape index (κ3) is 5.12. The van der Waals surface area contributed by atoms with Crippen LogP contribution in [-0.2, 0) is 6.54 Å². The fourth-order valence-corrected chi connectivity index (χ4v) is 4.84. The Morgan fingerprint density at radius 1 is 1.32 bits per heavy atom. The summed E-state index contributed by atoms with van der Waals surface area (Å²) in [5.74, 6) is 7.26. The molecule has 0 amide bonds. The molecule has 0 aromatic carbocycles. The molecule has 0 radical (unpaired) electrons. The number of rotatable bonds is 5. The third-order valence-corrected chi connectivity index (χ3v) is 6.60. The van der Waals surface area contributed by atoms with Gasteiger partial charge in [0.05, 0.1) is 35.4 Å². The Labute approximate surface area is 200 Å². The van der Waals surface area contributed by atoms with Gasteiger partial charge < -0.3 is 10.7 Å². The molecule has 0 spiro atoms. The first-order valence-corrected chi connectivity index (χ1v) is 12.0. The Balaban J connectivity index is 1.27. The number of nitrogens with two attached hydrogens (primary N) is 1. The number of hydrogen-bond acceptors (Lipinski definition) is 7. The van der Waals surface area contributed by atoms with Crippen molar-refractivity contribution in [2.24, 2.45) is 5.73 Å². The summed E-state index contributed by atoms with van der Waals surface area (Å²) in [5, 5.41) is 2.00. The average Bonchev–Trinajstić information content (AvgIpc) is 3.56. The molecule has 172 valence electrons. The van der Waals surface area contributed by atoms with Gasteiger partial charge in [-0.25, -0.2) is 4.98 Å². The second-order valence-electron chi connectivity index (χ2n) is 8.18. The van der Waals surface area contributed by atoms with Crippen molar-refractivity contribution in [3.63, 3.8) is 0 Å². The molecule has 9 nitrogen and oxygen atoms in total. The minimum atomic E-state index is -0.101. The molecule has 1 saturated heterocycles. The van der Waals surface area contributed by atoms with Crippen molar-refractivity contribution in [1.29, 1.82) is 0 Å². The lowest BCUT2D eigenvalue weighted by Crippen LogP contribution is -2.35. The van der Waals surface area contributed by atoms with E-state index in [1.807, 2.05) is 34.6 Å². The first kappa shape index (κ1) is 22.2. The van der Waals surface area contributed by atoms with E-state index in [2.05, 4.69) is 36.7 Å². The highest BCUT2D eigenvalue weighted by Gasteiger charge is 2.25.